The Labute approximate surface area is 178 Å². The largest absolute Gasteiger partial charge is 0.493 e. The maximum atomic E-state index is 12.3. The minimum atomic E-state index is 0.110. The minimum absolute atomic E-state index is 0.110. The van der Waals surface area contributed by atoms with E-state index in [0.29, 0.717) is 24.6 Å². The first kappa shape index (κ1) is 21.9. The van der Waals surface area contributed by atoms with Crippen LogP contribution in [0.5, 0.6) is 17.2 Å². The van der Waals surface area contributed by atoms with Gasteiger partial charge in [-0.3, -0.25) is 4.79 Å². The van der Waals surface area contributed by atoms with Crippen LogP contribution in [0.3, 0.4) is 0 Å². The van der Waals surface area contributed by atoms with Crippen molar-refractivity contribution in [3.05, 3.63) is 53.6 Å². The van der Waals surface area contributed by atoms with Gasteiger partial charge in [-0.05, 0) is 17.7 Å². The van der Waals surface area contributed by atoms with Gasteiger partial charge in [0, 0.05) is 6.54 Å². The maximum absolute atomic E-state index is 12.3. The van der Waals surface area contributed by atoms with Crippen molar-refractivity contribution < 1.29 is 28.8 Å². The van der Waals surface area contributed by atoms with Gasteiger partial charge in [0.2, 0.25) is 5.75 Å². The number of carbonyl (C=O) groups is 1. The van der Waals surface area contributed by atoms with Crippen LogP contribution in [-0.2, 0) is 17.9 Å². The summed E-state index contributed by atoms with van der Waals surface area (Å²) in [5.41, 5.74) is 2.23. The number of rotatable bonds is 9. The first-order valence-corrected chi connectivity index (χ1v) is 10.4. The van der Waals surface area contributed by atoms with Crippen LogP contribution in [0.25, 0.3) is 0 Å². The van der Waals surface area contributed by atoms with Crippen molar-refractivity contribution in [2.45, 2.75) is 13.1 Å². The fourth-order valence-corrected chi connectivity index (χ4v) is 3.97. The maximum Gasteiger partial charge on any atom is 0.275 e. The zero-order valence-electron chi connectivity index (χ0n) is 18.1. The average Bonchev–Trinajstić information content (AvgIpc) is 2.79. The molecule has 0 bridgehead atoms. The Balaban J connectivity index is 1.48. The molecule has 1 heterocycles. The standard InChI is InChI=1S/C23H31N3O4/c1-28-20-10-9-19(22(29-2)23(20)30-3)16-25-11-13-26(14-12-25)17-21(27)24-15-18-7-5-4-6-8-18/h4-10H,11-17H2,1-3H3,(H,24,27)/p+2. The van der Waals surface area contributed by atoms with Crippen molar-refractivity contribution in [1.82, 2.24) is 5.32 Å². The number of methoxy groups -OCH3 is 3. The predicted octanol–water partition coefficient (Wildman–Crippen LogP) is -0.688. The molecule has 1 aliphatic rings. The van der Waals surface area contributed by atoms with Gasteiger partial charge in [0.05, 0.1) is 26.9 Å². The Kier molecular flexibility index (Phi) is 7.93. The molecule has 2 aromatic rings. The van der Waals surface area contributed by atoms with E-state index in [4.69, 9.17) is 14.2 Å². The second-order valence-electron chi connectivity index (χ2n) is 7.61. The number of amides is 1. The molecule has 1 aliphatic heterocycles. The first-order chi connectivity index (χ1) is 14.6. The Bertz CT molecular complexity index is 821. The van der Waals surface area contributed by atoms with E-state index >= 15 is 0 Å². The number of hydrogen-bond donors (Lipinski definition) is 3. The molecule has 3 N–H and O–H groups in total. The molecule has 2 aromatic carbocycles. The van der Waals surface area contributed by atoms with Crippen LogP contribution < -0.4 is 29.3 Å². The molecule has 0 aromatic heterocycles. The van der Waals surface area contributed by atoms with Gasteiger partial charge in [-0.15, -0.1) is 0 Å². The van der Waals surface area contributed by atoms with Gasteiger partial charge in [-0.25, -0.2) is 0 Å². The summed E-state index contributed by atoms with van der Waals surface area (Å²) in [6.45, 7) is 5.95. The van der Waals surface area contributed by atoms with Gasteiger partial charge >= 0.3 is 0 Å². The van der Waals surface area contributed by atoms with E-state index in [2.05, 4.69) is 5.32 Å². The van der Waals surface area contributed by atoms with Gasteiger partial charge in [0.1, 0.15) is 32.7 Å². The number of benzene rings is 2. The van der Waals surface area contributed by atoms with Gasteiger partial charge in [-0.1, -0.05) is 30.3 Å². The van der Waals surface area contributed by atoms with E-state index in [9.17, 15) is 4.79 Å². The lowest BCUT2D eigenvalue weighted by Gasteiger charge is -2.29. The van der Waals surface area contributed by atoms with Crippen LogP contribution >= 0.6 is 0 Å². The summed E-state index contributed by atoms with van der Waals surface area (Å²) >= 11 is 0. The van der Waals surface area contributed by atoms with E-state index in [1.54, 1.807) is 21.3 Å². The molecule has 3 rings (SSSR count). The Hall–Kier alpha value is -2.77. The highest BCUT2D eigenvalue weighted by Crippen LogP contribution is 2.39. The van der Waals surface area contributed by atoms with Crippen molar-refractivity contribution in [2.24, 2.45) is 0 Å². The molecule has 162 valence electrons. The molecular weight excluding hydrogens is 382 g/mol. The van der Waals surface area contributed by atoms with Gasteiger partial charge in [-0.2, -0.15) is 0 Å². The Morgan fingerprint density at radius 1 is 0.867 bits per heavy atom. The summed E-state index contributed by atoms with van der Waals surface area (Å²) in [5, 5.41) is 3.03. The third-order valence-electron chi connectivity index (χ3n) is 5.63. The molecule has 0 radical (unpaired) electrons. The topological polar surface area (TPSA) is 65.7 Å². The SMILES string of the molecule is COc1ccc(C[NH+]2CC[NH+](CC(=O)NCc3ccccc3)CC2)c(OC)c1OC. The summed E-state index contributed by atoms with van der Waals surface area (Å²) in [6.07, 6.45) is 0. The van der Waals surface area contributed by atoms with E-state index in [1.807, 2.05) is 42.5 Å². The van der Waals surface area contributed by atoms with Crippen LogP contribution in [0.2, 0.25) is 0 Å². The molecule has 0 spiro atoms. The third kappa shape index (κ3) is 5.64. The van der Waals surface area contributed by atoms with Crippen molar-refractivity contribution in [2.75, 3.05) is 54.1 Å². The molecule has 0 unspecified atom stereocenters. The van der Waals surface area contributed by atoms with Crippen LogP contribution in [0.4, 0.5) is 0 Å². The molecule has 30 heavy (non-hydrogen) atoms. The Morgan fingerprint density at radius 3 is 2.17 bits per heavy atom. The lowest BCUT2D eigenvalue weighted by atomic mass is 10.1. The molecule has 0 aliphatic carbocycles. The number of quaternary nitrogens is 2. The molecule has 7 heteroatoms. The molecule has 1 saturated heterocycles. The van der Waals surface area contributed by atoms with Crippen molar-refractivity contribution in [3.63, 3.8) is 0 Å². The third-order valence-corrected chi connectivity index (χ3v) is 5.63. The highest BCUT2D eigenvalue weighted by Gasteiger charge is 2.26. The van der Waals surface area contributed by atoms with Gasteiger partial charge < -0.3 is 29.3 Å². The summed E-state index contributed by atoms with van der Waals surface area (Å²) in [6, 6.07) is 14.0. The highest BCUT2D eigenvalue weighted by atomic mass is 16.5. The fourth-order valence-electron chi connectivity index (χ4n) is 3.97. The van der Waals surface area contributed by atoms with Crippen LogP contribution in [0.1, 0.15) is 11.1 Å². The second kappa shape index (κ2) is 10.8. The quantitative estimate of drug-likeness (QED) is 0.508. The number of hydrogen-bond acceptors (Lipinski definition) is 4. The molecular formula is C23H33N3O4+2. The second-order valence-corrected chi connectivity index (χ2v) is 7.61. The van der Waals surface area contributed by atoms with E-state index < -0.39 is 0 Å². The van der Waals surface area contributed by atoms with Crippen LogP contribution in [0, 0.1) is 0 Å². The van der Waals surface area contributed by atoms with Crippen molar-refractivity contribution in [1.29, 1.82) is 0 Å². The number of ether oxygens (including phenoxy) is 3. The number of nitrogens with one attached hydrogen (secondary N) is 3. The lowest BCUT2D eigenvalue weighted by molar-refractivity contribution is -1.02. The normalized spacial score (nSPS) is 18.5. The number of piperazine rings is 1. The van der Waals surface area contributed by atoms with Gasteiger partial charge in [0.25, 0.3) is 5.91 Å². The minimum Gasteiger partial charge on any atom is -0.493 e. The zero-order chi connectivity index (χ0) is 21.3. The Morgan fingerprint density at radius 2 is 1.53 bits per heavy atom. The fraction of sp³-hybridized carbons (Fsp3) is 0.435. The predicted molar refractivity (Wildman–Crippen MR) is 114 cm³/mol. The van der Waals surface area contributed by atoms with E-state index in [-0.39, 0.29) is 5.91 Å². The number of carbonyl (C=O) groups excluding carboxylic acids is 1. The molecule has 1 amide bonds. The van der Waals surface area contributed by atoms with Gasteiger partial charge in [0.15, 0.2) is 18.0 Å². The highest BCUT2D eigenvalue weighted by molar-refractivity contribution is 5.76. The first-order valence-electron chi connectivity index (χ1n) is 10.4. The van der Waals surface area contributed by atoms with Crippen LogP contribution in [0.15, 0.2) is 42.5 Å². The van der Waals surface area contributed by atoms with E-state index in [0.717, 1.165) is 49.6 Å². The smallest absolute Gasteiger partial charge is 0.275 e. The summed E-state index contributed by atoms with van der Waals surface area (Å²) in [5.74, 6) is 2.15. The summed E-state index contributed by atoms with van der Waals surface area (Å²) in [4.78, 5) is 15.1. The monoisotopic (exact) mass is 415 g/mol. The summed E-state index contributed by atoms with van der Waals surface area (Å²) in [7, 11) is 4.91. The van der Waals surface area contributed by atoms with Crippen molar-refractivity contribution >= 4 is 5.91 Å². The molecule has 0 atom stereocenters. The summed E-state index contributed by atoms with van der Waals surface area (Å²) < 4.78 is 16.5. The average molecular weight is 416 g/mol. The van der Waals surface area contributed by atoms with Crippen LogP contribution in [-0.4, -0.2) is 60.0 Å². The molecule has 0 saturated carbocycles. The molecule has 7 nitrogen and oxygen atoms in total. The van der Waals surface area contributed by atoms with Crippen molar-refractivity contribution in [3.8, 4) is 17.2 Å². The zero-order valence-corrected chi connectivity index (χ0v) is 18.1. The molecule has 1 fully saturated rings. The lowest BCUT2D eigenvalue weighted by Crippen LogP contribution is -3.28. The van der Waals surface area contributed by atoms with E-state index in [1.165, 1.54) is 9.80 Å².